The molecule has 0 aliphatic carbocycles. The lowest BCUT2D eigenvalue weighted by atomic mass is 10.0. The fourth-order valence-electron chi connectivity index (χ4n) is 9.76. The number of amides is 4. The molecule has 21 nitrogen and oxygen atoms in total. The Kier molecular flexibility index (Phi) is 43.6. The van der Waals surface area contributed by atoms with Gasteiger partial charge in [-0.3, -0.25) is 29.8 Å². The summed E-state index contributed by atoms with van der Waals surface area (Å²) in [6.45, 7) is 52.4. The van der Waals surface area contributed by atoms with Gasteiger partial charge in [0.05, 0.1) is 17.6 Å². The van der Waals surface area contributed by atoms with E-state index in [9.17, 15) is 37.1 Å². The lowest BCUT2D eigenvalue weighted by Crippen LogP contribution is -2.42. The van der Waals surface area contributed by atoms with Crippen LogP contribution in [0.2, 0.25) is 0 Å². The van der Waals surface area contributed by atoms with Crippen LogP contribution in [0.15, 0.2) is 177 Å². The number of aliphatic imine (C=N–C) groups is 1. The summed E-state index contributed by atoms with van der Waals surface area (Å²) in [4.78, 5) is 92.2. The molecule has 9 rings (SSSR count). The van der Waals surface area contributed by atoms with E-state index < -0.39 is 53.4 Å². The number of rotatable bonds is 15. The molecule has 0 saturated heterocycles. The van der Waals surface area contributed by atoms with E-state index in [4.69, 9.17) is 23.4 Å². The Morgan fingerprint density at radius 1 is 0.504 bits per heavy atom. The number of anilines is 4. The van der Waals surface area contributed by atoms with Crippen molar-refractivity contribution in [2.24, 2.45) is 10.9 Å². The lowest BCUT2D eigenvalue weighted by Gasteiger charge is -2.27. The summed E-state index contributed by atoms with van der Waals surface area (Å²) < 4.78 is 64.8. The molecule has 0 atom stereocenters. The first kappa shape index (κ1) is 105. The SMILES string of the molecule is C.C.CC(C)C1=CC(c2ccccc2)=NC1.CC(C)c1cc(=O)c2ccccc2o1.CC(C)c1ccnc(N(C)C(=O)OC(C)(C)C)c1.CC(C)c1ccnc(N(CC(F)(F)F)C(=O)OC(C)(C)C)c1.CC(C)c1ccnc(NC(=O)OC(C)(C)C)c1.CCN(C(=O)OC(C)(C)C)c1cc(C(C)C)ccn1.CSc1nccc(C(C)C)n1. The molecule has 0 spiro atoms. The second kappa shape index (κ2) is 48.6. The Morgan fingerprint density at radius 2 is 0.932 bits per heavy atom. The molecule has 25 heteroatoms. The van der Waals surface area contributed by atoms with Gasteiger partial charge < -0.3 is 23.4 Å². The Bertz CT molecular complexity index is 4480. The third-order valence-corrected chi connectivity index (χ3v) is 16.6. The van der Waals surface area contributed by atoms with Gasteiger partial charge in [0.25, 0.3) is 0 Å². The topological polar surface area (TPSA) is 247 Å². The molecule has 0 radical (unpaired) electrons. The van der Waals surface area contributed by atoms with Crippen LogP contribution < -0.4 is 25.4 Å². The fourth-order valence-corrected chi connectivity index (χ4v) is 10.1. The number of alkyl halides is 3. The second-order valence-electron chi connectivity index (χ2n) is 33.2. The van der Waals surface area contributed by atoms with Crippen LogP contribution in [0.3, 0.4) is 0 Å². The van der Waals surface area contributed by atoms with E-state index in [0.717, 1.165) is 51.1 Å². The van der Waals surface area contributed by atoms with Gasteiger partial charge in [-0.2, -0.15) is 13.2 Å². The van der Waals surface area contributed by atoms with E-state index in [1.165, 1.54) is 28.3 Å². The lowest BCUT2D eigenvalue weighted by molar-refractivity contribution is -0.119. The number of nitrogens with zero attached hydrogens (tertiary/aromatic N) is 10. The number of allylic oxidation sites excluding steroid dienone is 1. The van der Waals surface area contributed by atoms with Crippen LogP contribution in [0.4, 0.5) is 55.6 Å². The van der Waals surface area contributed by atoms with Gasteiger partial charge in [-0.1, -0.05) is 166 Å². The molecule has 1 aliphatic rings. The Hall–Kier alpha value is -10.0. The van der Waals surface area contributed by atoms with Gasteiger partial charge in [-0.15, -0.1) is 0 Å². The number of ether oxygens (including phenoxy) is 4. The summed E-state index contributed by atoms with van der Waals surface area (Å²) >= 11 is 1.58. The third kappa shape index (κ3) is 40.1. The Morgan fingerprint density at radius 3 is 1.37 bits per heavy atom. The molecular formula is C92H134F3N11O10S. The zero-order valence-corrected chi connectivity index (χ0v) is 74.0. The number of pyridine rings is 4. The Balaban J connectivity index is 0.000000686. The minimum absolute atomic E-state index is 0. The molecule has 0 fully saturated rings. The van der Waals surface area contributed by atoms with E-state index in [-0.39, 0.29) is 44.0 Å². The molecule has 7 heterocycles. The summed E-state index contributed by atoms with van der Waals surface area (Å²) in [5.74, 6) is 5.09. The number of carbonyl (C=O) groups is 4. The van der Waals surface area contributed by atoms with E-state index in [2.05, 4.69) is 140 Å². The largest absolute Gasteiger partial charge is 0.461 e. The molecule has 0 saturated carbocycles. The first-order chi connectivity index (χ1) is 53.3. The number of para-hydroxylation sites is 1. The van der Waals surface area contributed by atoms with E-state index >= 15 is 0 Å². The highest BCUT2D eigenvalue weighted by Crippen LogP contribution is 2.29. The van der Waals surface area contributed by atoms with Crippen LogP contribution >= 0.6 is 11.8 Å². The summed E-state index contributed by atoms with van der Waals surface area (Å²) in [6.07, 6.45) is 5.69. The van der Waals surface area contributed by atoms with Gasteiger partial charge in [0.1, 0.15) is 63.6 Å². The maximum Gasteiger partial charge on any atom is 0.416 e. The third-order valence-electron chi connectivity index (χ3n) is 16.1. The molecule has 0 bridgehead atoms. The summed E-state index contributed by atoms with van der Waals surface area (Å²) in [6, 6.07) is 36.0. The quantitative estimate of drug-likeness (QED) is 0.0569. The number of thioether (sulfide) groups is 1. The van der Waals surface area contributed by atoms with Crippen LogP contribution in [0.25, 0.3) is 11.0 Å². The number of benzene rings is 2. The number of carbonyl (C=O) groups excluding carboxylic acids is 4. The van der Waals surface area contributed by atoms with E-state index in [1.807, 2.05) is 176 Å². The molecule has 117 heavy (non-hydrogen) atoms. The molecule has 2 aromatic carbocycles. The number of aromatic nitrogens is 6. The summed E-state index contributed by atoms with van der Waals surface area (Å²) in [5.41, 5.74) is 7.46. The van der Waals surface area contributed by atoms with Crippen molar-refractivity contribution in [2.45, 2.75) is 271 Å². The van der Waals surface area contributed by atoms with Gasteiger partial charge in [0.2, 0.25) is 0 Å². The van der Waals surface area contributed by atoms with Crippen LogP contribution in [0, 0.1) is 5.92 Å². The standard InChI is InChI=1S/C15H21F3N2O2.C15H24N2O2.C14H22N2O2.C13H20N2O2.C13H15N.C12H12O2.C8H12N2S.2CH4/c1-10(2)11-6-7-19-12(8-11)20(9-15(16,17)18)13(21)22-14(3,4)5;1-7-17(14(18)19-15(4,5)6)13-10-12(11(2)3)8-9-16-13;1-10(2)11-7-8-15-12(9-11)16(6)13(17)18-14(3,4)5;1-9(2)10-6-7-14-11(8-10)15-12(16)17-13(3,4)5;1-10(2)12-8-13(14-9-12)11-6-4-3-5-7-11;1-8(2)12-7-10(13)9-5-3-4-6-11(9)14-12;1-6(2)7-4-5-9-8(10-7)11-3;;/h6-8,10H,9H2,1-5H3;8-11H,7H2,1-6H3;7-10H,1-6H3;6-9H,1-5H3,(H,14,15,16);3-8,10H,9H2,1-2H3;3-8H,1-2H3;4-6H,1-3H3;2*1H4. The molecular weight excluding hydrogens is 1510 g/mol. The number of hydrogen-bond acceptors (Lipinski definition) is 18. The van der Waals surface area contributed by atoms with Gasteiger partial charge in [0, 0.05) is 62.3 Å². The number of hydrogen-bond donors (Lipinski definition) is 1. The predicted molar refractivity (Wildman–Crippen MR) is 475 cm³/mol. The smallest absolute Gasteiger partial charge is 0.416 e. The van der Waals surface area contributed by atoms with Crippen molar-refractivity contribution in [1.82, 2.24) is 29.9 Å². The monoisotopic (exact) mass is 1640 g/mol. The molecule has 1 aliphatic heterocycles. The summed E-state index contributed by atoms with van der Waals surface area (Å²) in [5, 5.41) is 4.13. The van der Waals surface area contributed by atoms with Gasteiger partial charge in [0.15, 0.2) is 10.6 Å². The number of halogens is 3. The highest BCUT2D eigenvalue weighted by molar-refractivity contribution is 7.98. The van der Waals surface area contributed by atoms with Crippen LogP contribution in [-0.2, 0) is 18.9 Å². The minimum atomic E-state index is -4.55. The predicted octanol–water partition coefficient (Wildman–Crippen LogP) is 25.2. The van der Waals surface area contributed by atoms with Gasteiger partial charge in [-0.25, -0.2) is 49.1 Å². The highest BCUT2D eigenvalue weighted by atomic mass is 32.2. The average molecular weight is 1640 g/mol. The van der Waals surface area contributed by atoms with Crippen LogP contribution in [0.1, 0.15) is 277 Å². The van der Waals surface area contributed by atoms with Gasteiger partial charge >= 0.3 is 30.5 Å². The van der Waals surface area contributed by atoms with Crippen LogP contribution in [-0.4, -0.2) is 122 Å². The second-order valence-corrected chi connectivity index (χ2v) is 34.0. The van der Waals surface area contributed by atoms with Crippen LogP contribution in [0.5, 0.6) is 0 Å². The molecule has 1 N–H and O–H groups in total. The van der Waals surface area contributed by atoms with E-state index in [1.54, 1.807) is 81.3 Å². The maximum absolute atomic E-state index is 12.8. The molecule has 6 aromatic heterocycles. The highest BCUT2D eigenvalue weighted by Gasteiger charge is 2.37. The van der Waals surface area contributed by atoms with Crippen molar-refractivity contribution in [3.05, 3.63) is 207 Å². The minimum Gasteiger partial charge on any atom is -0.461 e. The average Bonchev–Trinajstić information content (AvgIpc) is 1.75. The number of fused-ring (bicyclic) bond motifs is 1. The van der Waals surface area contributed by atoms with Crippen molar-refractivity contribution in [3.8, 4) is 0 Å². The fraction of sp³-hybridized carbons (Fsp3) is 0.500. The van der Waals surface area contributed by atoms with Crippen molar-refractivity contribution in [2.75, 3.05) is 53.0 Å². The zero-order valence-electron chi connectivity index (χ0n) is 73.2. The molecule has 4 amide bonds. The van der Waals surface area contributed by atoms with Crippen molar-refractivity contribution >= 4 is 76.1 Å². The first-order valence-corrected chi connectivity index (χ1v) is 40.1. The molecule has 8 aromatic rings. The zero-order chi connectivity index (χ0) is 87.1. The van der Waals surface area contributed by atoms with Gasteiger partial charge in [-0.05, 0) is 238 Å². The molecule has 644 valence electrons. The maximum atomic E-state index is 12.8. The normalized spacial score (nSPS) is 11.8. The van der Waals surface area contributed by atoms with E-state index in [0.29, 0.717) is 69.5 Å². The summed E-state index contributed by atoms with van der Waals surface area (Å²) in [7, 11) is 1.67. The van der Waals surface area contributed by atoms with Crippen molar-refractivity contribution < 1.29 is 55.7 Å². The number of nitrogens with one attached hydrogen (secondary N) is 1. The Labute approximate surface area is 700 Å². The van der Waals surface area contributed by atoms with Crippen molar-refractivity contribution in [3.63, 3.8) is 0 Å². The first-order valence-electron chi connectivity index (χ1n) is 38.9. The van der Waals surface area contributed by atoms with Crippen molar-refractivity contribution in [1.29, 1.82) is 0 Å². The molecule has 0 unspecified atom stereocenters.